The van der Waals surface area contributed by atoms with Gasteiger partial charge in [-0.25, -0.2) is 0 Å². The summed E-state index contributed by atoms with van der Waals surface area (Å²) in [5.41, 5.74) is 0.305. The molecule has 3 rings (SSSR count). The third kappa shape index (κ3) is 2.40. The number of phenolic OH excluding ortho intramolecular Hbond substituents is 1. The molecule has 1 aliphatic heterocycles. The second-order valence-electron chi connectivity index (χ2n) is 4.25. The van der Waals surface area contributed by atoms with E-state index in [4.69, 9.17) is 9.47 Å². The van der Waals surface area contributed by atoms with Crippen LogP contribution in [-0.2, 0) is 6.42 Å². The van der Waals surface area contributed by atoms with Crippen LogP contribution >= 0.6 is 11.3 Å². The molecule has 0 fully saturated rings. The molecule has 1 aromatic carbocycles. The Kier molecular flexibility index (Phi) is 3.43. The zero-order chi connectivity index (χ0) is 13.9. The van der Waals surface area contributed by atoms with Crippen molar-refractivity contribution in [2.24, 2.45) is 0 Å². The molecule has 1 N–H and O–H groups in total. The van der Waals surface area contributed by atoms with Crippen molar-refractivity contribution < 1.29 is 19.4 Å². The standard InChI is InChI=1S/C15H12O4S/c16-11-5-2-1-4-10(11)12(17)6-3-7-14-15-13(8-20-14)18-9-19-15/h1-6,8,16H,7,9H2/b6-3+. The maximum absolute atomic E-state index is 11.9. The van der Waals surface area contributed by atoms with Crippen LogP contribution in [-0.4, -0.2) is 17.7 Å². The normalized spacial score (nSPS) is 13.0. The lowest BCUT2D eigenvalue weighted by atomic mass is 10.1. The molecule has 1 aliphatic rings. The van der Waals surface area contributed by atoms with Crippen molar-refractivity contribution in [2.75, 3.05) is 6.79 Å². The second-order valence-corrected chi connectivity index (χ2v) is 5.21. The average molecular weight is 288 g/mol. The van der Waals surface area contributed by atoms with E-state index in [1.165, 1.54) is 12.1 Å². The summed E-state index contributed by atoms with van der Waals surface area (Å²) in [4.78, 5) is 13.0. The van der Waals surface area contributed by atoms with Gasteiger partial charge in [0.2, 0.25) is 6.79 Å². The third-order valence-electron chi connectivity index (χ3n) is 2.94. The van der Waals surface area contributed by atoms with Gasteiger partial charge in [0.1, 0.15) is 5.75 Å². The van der Waals surface area contributed by atoms with Crippen LogP contribution in [0.5, 0.6) is 17.2 Å². The molecule has 1 aromatic heterocycles. The zero-order valence-corrected chi connectivity index (χ0v) is 11.4. The Hall–Kier alpha value is -2.27. The van der Waals surface area contributed by atoms with Gasteiger partial charge in [-0.05, 0) is 18.2 Å². The van der Waals surface area contributed by atoms with Crippen molar-refractivity contribution in [3.63, 3.8) is 0 Å². The maximum Gasteiger partial charge on any atom is 0.231 e. The minimum Gasteiger partial charge on any atom is -0.507 e. The number of carbonyl (C=O) groups is 1. The molecule has 2 aromatic rings. The van der Waals surface area contributed by atoms with E-state index in [0.29, 0.717) is 12.0 Å². The van der Waals surface area contributed by atoms with Crippen LogP contribution in [0.3, 0.4) is 0 Å². The van der Waals surface area contributed by atoms with Gasteiger partial charge in [-0.2, -0.15) is 0 Å². The first-order valence-corrected chi connectivity index (χ1v) is 6.98. The van der Waals surface area contributed by atoms with Gasteiger partial charge in [0.05, 0.1) is 10.4 Å². The van der Waals surface area contributed by atoms with Crippen molar-refractivity contribution in [1.29, 1.82) is 0 Å². The number of carbonyl (C=O) groups excluding carboxylic acids is 1. The van der Waals surface area contributed by atoms with Crippen LogP contribution in [0.15, 0.2) is 41.8 Å². The lowest BCUT2D eigenvalue weighted by molar-refractivity contribution is 0.104. The fourth-order valence-corrected chi connectivity index (χ4v) is 2.84. The summed E-state index contributed by atoms with van der Waals surface area (Å²) in [5.74, 6) is 1.32. The smallest absolute Gasteiger partial charge is 0.231 e. The molecule has 5 heteroatoms. The van der Waals surface area contributed by atoms with Crippen LogP contribution in [0.4, 0.5) is 0 Å². The molecule has 0 atom stereocenters. The van der Waals surface area contributed by atoms with Crippen LogP contribution in [0, 0.1) is 0 Å². The fraction of sp³-hybridized carbons (Fsp3) is 0.133. The number of phenols is 1. The number of ether oxygens (including phenoxy) is 2. The minimum absolute atomic E-state index is 0.00380. The van der Waals surface area contributed by atoms with Gasteiger partial charge >= 0.3 is 0 Å². The van der Waals surface area contributed by atoms with E-state index in [1.807, 2.05) is 5.38 Å². The molecule has 0 spiro atoms. The van der Waals surface area contributed by atoms with Gasteiger partial charge < -0.3 is 14.6 Å². The van der Waals surface area contributed by atoms with E-state index in [-0.39, 0.29) is 18.3 Å². The first-order valence-electron chi connectivity index (χ1n) is 6.10. The quantitative estimate of drug-likeness (QED) is 0.693. The summed E-state index contributed by atoms with van der Waals surface area (Å²) < 4.78 is 10.6. The molecule has 0 saturated carbocycles. The lowest BCUT2D eigenvalue weighted by Crippen LogP contribution is -1.96. The first-order chi connectivity index (χ1) is 9.75. The topological polar surface area (TPSA) is 55.8 Å². The minimum atomic E-state index is -0.214. The molecule has 4 nitrogen and oxygen atoms in total. The van der Waals surface area contributed by atoms with Gasteiger partial charge in [0.25, 0.3) is 0 Å². The monoisotopic (exact) mass is 288 g/mol. The predicted octanol–water partition coefficient (Wildman–Crippen LogP) is 3.16. The van der Waals surface area contributed by atoms with Crippen molar-refractivity contribution in [3.05, 3.63) is 52.2 Å². The number of ketones is 1. The van der Waals surface area contributed by atoms with Gasteiger partial charge in [0, 0.05) is 11.8 Å². The summed E-state index contributed by atoms with van der Waals surface area (Å²) in [6.45, 7) is 0.256. The lowest BCUT2D eigenvalue weighted by Gasteiger charge is -1.99. The molecule has 2 heterocycles. The summed E-state index contributed by atoms with van der Waals surface area (Å²) >= 11 is 1.54. The van der Waals surface area contributed by atoms with Gasteiger partial charge in [-0.15, -0.1) is 11.3 Å². The molecule has 20 heavy (non-hydrogen) atoms. The SMILES string of the molecule is O=C(/C=C/Cc1scc2c1OCO2)c1ccccc1O. The number of hydrogen-bond donors (Lipinski definition) is 1. The van der Waals surface area contributed by atoms with Crippen LogP contribution < -0.4 is 9.47 Å². The van der Waals surface area contributed by atoms with E-state index >= 15 is 0 Å². The Morgan fingerprint density at radius 2 is 2.20 bits per heavy atom. The Labute approximate surface area is 119 Å². The third-order valence-corrected chi connectivity index (χ3v) is 3.91. The van der Waals surface area contributed by atoms with Gasteiger partial charge in [-0.3, -0.25) is 4.79 Å². The summed E-state index contributed by atoms with van der Waals surface area (Å²) in [6, 6.07) is 6.50. The number of thiophene rings is 1. The van der Waals surface area contributed by atoms with Crippen molar-refractivity contribution in [1.82, 2.24) is 0 Å². The second kappa shape index (κ2) is 5.38. The number of allylic oxidation sites excluding steroid dienone is 2. The molecule has 0 unspecified atom stereocenters. The number of hydrogen-bond acceptors (Lipinski definition) is 5. The van der Waals surface area contributed by atoms with Crippen LogP contribution in [0.25, 0.3) is 0 Å². The molecular formula is C15H12O4S. The Balaban J connectivity index is 1.69. The summed E-state index contributed by atoms with van der Waals surface area (Å²) in [6.07, 6.45) is 3.84. The van der Waals surface area contributed by atoms with E-state index in [2.05, 4.69) is 0 Å². The number of para-hydroxylation sites is 1. The average Bonchev–Trinajstić information content (AvgIpc) is 3.03. The van der Waals surface area contributed by atoms with E-state index < -0.39 is 0 Å². The van der Waals surface area contributed by atoms with Crippen LogP contribution in [0.2, 0.25) is 0 Å². The predicted molar refractivity (Wildman–Crippen MR) is 75.7 cm³/mol. The van der Waals surface area contributed by atoms with Crippen molar-refractivity contribution in [2.45, 2.75) is 6.42 Å². The molecule has 0 amide bonds. The summed E-state index contributed by atoms with van der Waals surface area (Å²) in [7, 11) is 0. The zero-order valence-electron chi connectivity index (χ0n) is 10.5. The molecule has 0 bridgehead atoms. The number of rotatable bonds is 4. The number of benzene rings is 1. The molecule has 102 valence electrons. The van der Waals surface area contributed by atoms with Crippen LogP contribution in [0.1, 0.15) is 15.2 Å². The van der Waals surface area contributed by atoms with E-state index in [0.717, 1.165) is 16.4 Å². The largest absolute Gasteiger partial charge is 0.507 e. The van der Waals surface area contributed by atoms with Gasteiger partial charge in [0.15, 0.2) is 17.3 Å². The fourth-order valence-electron chi connectivity index (χ4n) is 1.96. The highest BCUT2D eigenvalue weighted by atomic mass is 32.1. The number of fused-ring (bicyclic) bond motifs is 1. The highest BCUT2D eigenvalue weighted by molar-refractivity contribution is 7.10. The maximum atomic E-state index is 11.9. The molecule has 0 saturated heterocycles. The highest BCUT2D eigenvalue weighted by Crippen LogP contribution is 2.41. The van der Waals surface area contributed by atoms with E-state index in [1.54, 1.807) is 35.6 Å². The Morgan fingerprint density at radius 3 is 3.05 bits per heavy atom. The first kappa shape index (κ1) is 12.7. The van der Waals surface area contributed by atoms with Gasteiger partial charge in [-0.1, -0.05) is 18.2 Å². The summed E-state index contributed by atoms with van der Waals surface area (Å²) in [5, 5.41) is 11.5. The van der Waals surface area contributed by atoms with E-state index in [9.17, 15) is 9.90 Å². The highest BCUT2D eigenvalue weighted by Gasteiger charge is 2.19. The molecule has 0 aliphatic carbocycles. The van der Waals surface area contributed by atoms with Crippen molar-refractivity contribution >= 4 is 17.1 Å². The Bertz CT molecular complexity index is 672. The Morgan fingerprint density at radius 1 is 1.35 bits per heavy atom. The number of aromatic hydroxyl groups is 1. The van der Waals surface area contributed by atoms with Crippen molar-refractivity contribution in [3.8, 4) is 17.2 Å². The molecule has 0 radical (unpaired) electrons. The molecular weight excluding hydrogens is 276 g/mol.